The summed E-state index contributed by atoms with van der Waals surface area (Å²) in [6.45, 7) is 1.34. The van der Waals surface area contributed by atoms with Crippen LogP contribution in [0.2, 0.25) is 0 Å². The lowest BCUT2D eigenvalue weighted by molar-refractivity contribution is 0.393. The lowest BCUT2D eigenvalue weighted by Crippen LogP contribution is -2.14. The smallest absolute Gasteiger partial charge is 0.237 e. The zero-order valence-corrected chi connectivity index (χ0v) is 12.4. The molecular formula is C15H14N4OS. The zero-order valence-electron chi connectivity index (χ0n) is 11.5. The number of nitrogens with one attached hydrogen (secondary N) is 1. The summed E-state index contributed by atoms with van der Waals surface area (Å²) in [7, 11) is 1.63. The molecule has 0 saturated heterocycles. The highest BCUT2D eigenvalue weighted by Gasteiger charge is 2.12. The normalized spacial score (nSPS) is 10.7. The third-order valence-electron chi connectivity index (χ3n) is 3.20. The van der Waals surface area contributed by atoms with E-state index in [0.717, 1.165) is 16.2 Å². The number of hydrogen-bond donors (Lipinski definition) is 1. The highest BCUT2D eigenvalue weighted by molar-refractivity contribution is 7.15. The Labute approximate surface area is 126 Å². The first-order valence-electron chi connectivity index (χ1n) is 6.50. The minimum Gasteiger partial charge on any atom is -0.480 e. The molecule has 0 amide bonds. The Hall–Kier alpha value is -2.36. The molecule has 3 aromatic rings. The van der Waals surface area contributed by atoms with Crippen LogP contribution >= 0.6 is 11.3 Å². The summed E-state index contributed by atoms with van der Waals surface area (Å²) in [4.78, 5) is 5.35. The van der Waals surface area contributed by atoms with Crippen LogP contribution in [-0.4, -0.2) is 16.5 Å². The summed E-state index contributed by atoms with van der Waals surface area (Å²) in [6, 6.07) is 9.74. The Bertz CT molecular complexity index is 799. The molecule has 0 atom stereocenters. The monoisotopic (exact) mass is 298 g/mol. The molecule has 0 unspecified atom stereocenters. The molecule has 0 aliphatic heterocycles. The van der Waals surface area contributed by atoms with Gasteiger partial charge < -0.3 is 10.1 Å². The van der Waals surface area contributed by atoms with Gasteiger partial charge in [0, 0.05) is 24.7 Å². The third-order valence-corrected chi connectivity index (χ3v) is 3.95. The van der Waals surface area contributed by atoms with Gasteiger partial charge in [-0.05, 0) is 17.7 Å². The molecule has 5 nitrogen and oxygen atoms in total. The summed E-state index contributed by atoms with van der Waals surface area (Å²) in [5, 5.41) is 14.3. The van der Waals surface area contributed by atoms with Crippen LogP contribution in [0.1, 0.15) is 16.8 Å². The number of nitrogens with zero attached hydrogens (tertiary/aromatic N) is 3. The van der Waals surface area contributed by atoms with E-state index in [1.54, 1.807) is 24.5 Å². The molecule has 0 radical (unpaired) electrons. The van der Waals surface area contributed by atoms with E-state index in [4.69, 9.17) is 10.00 Å². The summed E-state index contributed by atoms with van der Waals surface area (Å²) < 4.78 is 7.35. The van der Waals surface area contributed by atoms with Gasteiger partial charge in [-0.2, -0.15) is 10.2 Å². The summed E-state index contributed by atoms with van der Waals surface area (Å²) in [5.74, 6) is 0.653. The average molecular weight is 298 g/mol. The van der Waals surface area contributed by atoms with Crippen LogP contribution in [-0.2, 0) is 13.1 Å². The number of thiazole rings is 1. The number of aromatic nitrogens is 2. The average Bonchev–Trinajstić information content (AvgIpc) is 3.09. The molecule has 0 aliphatic carbocycles. The van der Waals surface area contributed by atoms with Gasteiger partial charge in [-0.1, -0.05) is 12.1 Å². The van der Waals surface area contributed by atoms with Crippen LogP contribution in [0.25, 0.3) is 4.96 Å². The molecule has 1 aromatic carbocycles. The van der Waals surface area contributed by atoms with E-state index >= 15 is 0 Å². The second-order valence-corrected chi connectivity index (χ2v) is 5.41. The van der Waals surface area contributed by atoms with Crippen molar-refractivity contribution >= 4 is 16.3 Å². The predicted molar refractivity (Wildman–Crippen MR) is 81.3 cm³/mol. The largest absolute Gasteiger partial charge is 0.480 e. The molecule has 0 aliphatic rings. The number of ether oxygens (including phenoxy) is 1. The standard InChI is InChI=1S/C15H14N4OS/c1-20-14-13(19-5-6-21-15(19)18-14)10-17-9-12-4-2-3-11(7-12)8-16/h2-7,17H,9-10H2,1H3. The Morgan fingerprint density at radius 1 is 1.43 bits per heavy atom. The molecule has 0 spiro atoms. The van der Waals surface area contributed by atoms with E-state index in [2.05, 4.69) is 16.4 Å². The van der Waals surface area contributed by atoms with Crippen LogP contribution in [0.3, 0.4) is 0 Å². The maximum Gasteiger partial charge on any atom is 0.237 e. The van der Waals surface area contributed by atoms with Gasteiger partial charge in [0.1, 0.15) is 5.69 Å². The van der Waals surface area contributed by atoms with Crippen LogP contribution in [0.4, 0.5) is 0 Å². The molecule has 2 aromatic heterocycles. The number of methoxy groups -OCH3 is 1. The van der Waals surface area contributed by atoms with Crippen molar-refractivity contribution in [2.75, 3.05) is 7.11 Å². The molecule has 1 N–H and O–H groups in total. The molecule has 21 heavy (non-hydrogen) atoms. The fourth-order valence-electron chi connectivity index (χ4n) is 2.21. The second kappa shape index (κ2) is 5.95. The first-order chi connectivity index (χ1) is 10.3. The Morgan fingerprint density at radius 2 is 2.33 bits per heavy atom. The zero-order chi connectivity index (χ0) is 14.7. The van der Waals surface area contributed by atoms with Crippen molar-refractivity contribution in [1.82, 2.24) is 14.7 Å². The molecule has 0 saturated carbocycles. The van der Waals surface area contributed by atoms with E-state index in [9.17, 15) is 0 Å². The van der Waals surface area contributed by atoms with E-state index in [-0.39, 0.29) is 0 Å². The second-order valence-electron chi connectivity index (χ2n) is 4.54. The Balaban J connectivity index is 1.71. The van der Waals surface area contributed by atoms with Crippen molar-refractivity contribution in [3.8, 4) is 11.9 Å². The van der Waals surface area contributed by atoms with E-state index in [0.29, 0.717) is 24.5 Å². The van der Waals surface area contributed by atoms with Gasteiger partial charge in [0.25, 0.3) is 0 Å². The van der Waals surface area contributed by atoms with Crippen LogP contribution < -0.4 is 10.1 Å². The summed E-state index contributed by atoms with van der Waals surface area (Å²) in [6.07, 6.45) is 1.99. The lowest BCUT2D eigenvalue weighted by Gasteiger charge is -2.06. The minimum absolute atomic E-state index is 0.651. The SMILES string of the molecule is COc1nc2sccn2c1CNCc1cccc(C#N)c1. The molecule has 6 heteroatoms. The summed E-state index contributed by atoms with van der Waals surface area (Å²) in [5.41, 5.74) is 2.76. The Morgan fingerprint density at radius 3 is 3.14 bits per heavy atom. The van der Waals surface area contributed by atoms with Crippen molar-refractivity contribution in [2.45, 2.75) is 13.1 Å². The number of nitriles is 1. The quantitative estimate of drug-likeness (QED) is 0.786. The topological polar surface area (TPSA) is 62.4 Å². The van der Waals surface area contributed by atoms with Crippen LogP contribution in [0.5, 0.6) is 5.88 Å². The highest BCUT2D eigenvalue weighted by atomic mass is 32.1. The van der Waals surface area contributed by atoms with Crippen molar-refractivity contribution < 1.29 is 4.74 Å². The molecular weight excluding hydrogens is 284 g/mol. The first-order valence-corrected chi connectivity index (χ1v) is 7.38. The van der Waals surface area contributed by atoms with E-state index < -0.39 is 0 Å². The van der Waals surface area contributed by atoms with Gasteiger partial charge in [-0.25, -0.2) is 0 Å². The van der Waals surface area contributed by atoms with Gasteiger partial charge in [0.2, 0.25) is 5.88 Å². The van der Waals surface area contributed by atoms with Crippen molar-refractivity contribution in [1.29, 1.82) is 5.26 Å². The first kappa shape index (κ1) is 13.6. The third kappa shape index (κ3) is 2.75. The fraction of sp³-hybridized carbons (Fsp3) is 0.200. The van der Waals surface area contributed by atoms with Gasteiger partial charge in [-0.3, -0.25) is 4.40 Å². The minimum atomic E-state index is 0.651. The van der Waals surface area contributed by atoms with Gasteiger partial charge in [-0.15, -0.1) is 11.3 Å². The molecule has 0 bridgehead atoms. The number of fused-ring (bicyclic) bond motifs is 1. The van der Waals surface area contributed by atoms with Crippen molar-refractivity contribution in [3.63, 3.8) is 0 Å². The van der Waals surface area contributed by atoms with Crippen LogP contribution in [0, 0.1) is 11.3 Å². The Kier molecular flexibility index (Phi) is 3.86. The summed E-state index contributed by atoms with van der Waals surface area (Å²) >= 11 is 1.58. The molecule has 0 fully saturated rings. The van der Waals surface area contributed by atoms with Gasteiger partial charge in [0.15, 0.2) is 4.96 Å². The lowest BCUT2D eigenvalue weighted by atomic mass is 10.1. The van der Waals surface area contributed by atoms with Crippen molar-refractivity contribution in [2.24, 2.45) is 0 Å². The fourth-order valence-corrected chi connectivity index (χ4v) is 2.94. The maximum atomic E-state index is 8.90. The van der Waals surface area contributed by atoms with Crippen molar-refractivity contribution in [3.05, 3.63) is 52.7 Å². The van der Waals surface area contributed by atoms with E-state index in [1.165, 1.54) is 0 Å². The predicted octanol–water partition coefficient (Wildman–Crippen LogP) is 2.57. The van der Waals surface area contributed by atoms with Gasteiger partial charge >= 0.3 is 0 Å². The number of imidazole rings is 1. The van der Waals surface area contributed by atoms with Gasteiger partial charge in [0.05, 0.1) is 18.7 Å². The van der Waals surface area contributed by atoms with Crippen LogP contribution in [0.15, 0.2) is 35.8 Å². The molecule has 106 valence electrons. The van der Waals surface area contributed by atoms with E-state index in [1.807, 2.05) is 34.2 Å². The maximum absolute atomic E-state index is 8.90. The molecule has 2 heterocycles. The number of rotatable bonds is 5. The highest BCUT2D eigenvalue weighted by Crippen LogP contribution is 2.22. The number of benzene rings is 1. The molecule has 3 rings (SSSR count). The number of hydrogen-bond acceptors (Lipinski definition) is 5.